The third kappa shape index (κ3) is 2.34. The number of H-pyrrole nitrogens is 1. The fourth-order valence-electron chi connectivity index (χ4n) is 0.735. The molecule has 0 atom stereocenters. The van der Waals surface area contributed by atoms with E-state index < -0.39 is 0 Å². The topological polar surface area (TPSA) is 49.9 Å². The average molecular weight is 167 g/mol. The first-order valence-electron chi connectivity index (χ1n) is 3.89. The van der Waals surface area contributed by atoms with Gasteiger partial charge in [-0.05, 0) is 18.6 Å². The minimum absolute atomic E-state index is 0.211. The summed E-state index contributed by atoms with van der Waals surface area (Å²) in [7, 11) is 0. The Labute approximate surface area is 71.4 Å². The third-order valence-corrected chi connectivity index (χ3v) is 1.34. The Hall–Kier alpha value is -1.38. The van der Waals surface area contributed by atoms with Crippen molar-refractivity contribution in [1.82, 2.24) is 4.98 Å². The predicted molar refractivity (Wildman–Crippen MR) is 48.5 cm³/mol. The Kier molecular flexibility index (Phi) is 4.69. The number of rotatable bonds is 1. The normalized spacial score (nSPS) is 8.25. The predicted octanol–water partition coefficient (Wildman–Crippen LogP) is 1.52. The molecular formula is C9H13NO2. The lowest BCUT2D eigenvalue weighted by molar-refractivity contribution is 0.112. The molecule has 1 heterocycles. The zero-order chi connectivity index (χ0) is 9.56. The molecule has 12 heavy (non-hydrogen) atoms. The van der Waals surface area contributed by atoms with Gasteiger partial charge in [0.05, 0.1) is 5.56 Å². The number of aromatic nitrogens is 1. The zero-order valence-electron chi connectivity index (χ0n) is 7.55. The van der Waals surface area contributed by atoms with Crippen LogP contribution in [0, 0.1) is 6.92 Å². The molecule has 66 valence electrons. The van der Waals surface area contributed by atoms with Crippen LogP contribution in [0.3, 0.4) is 0 Å². The van der Waals surface area contributed by atoms with Crippen LogP contribution in [0.1, 0.15) is 29.8 Å². The maximum atomic E-state index is 10.8. The van der Waals surface area contributed by atoms with Crippen LogP contribution in [0.25, 0.3) is 0 Å². The van der Waals surface area contributed by atoms with Crippen molar-refractivity contribution < 1.29 is 4.79 Å². The smallest absolute Gasteiger partial charge is 0.258 e. The summed E-state index contributed by atoms with van der Waals surface area (Å²) >= 11 is 0. The molecule has 0 saturated carbocycles. The van der Waals surface area contributed by atoms with Gasteiger partial charge in [0.1, 0.15) is 0 Å². The van der Waals surface area contributed by atoms with Crippen molar-refractivity contribution in [2.45, 2.75) is 20.8 Å². The third-order valence-electron chi connectivity index (χ3n) is 1.34. The largest absolute Gasteiger partial charge is 0.328 e. The van der Waals surface area contributed by atoms with Crippen LogP contribution in [-0.2, 0) is 0 Å². The van der Waals surface area contributed by atoms with Crippen molar-refractivity contribution in [2.75, 3.05) is 0 Å². The summed E-state index contributed by atoms with van der Waals surface area (Å²) in [5.74, 6) is 0. The second-order valence-corrected chi connectivity index (χ2v) is 2.02. The van der Waals surface area contributed by atoms with Crippen LogP contribution in [-0.4, -0.2) is 11.3 Å². The highest BCUT2D eigenvalue weighted by atomic mass is 16.1. The van der Waals surface area contributed by atoms with Gasteiger partial charge in [0.2, 0.25) is 0 Å². The minimum atomic E-state index is -0.324. The molecule has 1 N–H and O–H groups in total. The molecular weight excluding hydrogens is 154 g/mol. The molecule has 0 aliphatic carbocycles. The van der Waals surface area contributed by atoms with Crippen molar-refractivity contribution >= 4 is 6.29 Å². The lowest BCUT2D eigenvalue weighted by Crippen LogP contribution is -2.12. The number of nitrogens with one attached hydrogen (secondary N) is 1. The maximum absolute atomic E-state index is 10.8. The van der Waals surface area contributed by atoms with Crippen LogP contribution in [0.5, 0.6) is 0 Å². The van der Waals surface area contributed by atoms with Gasteiger partial charge in [0, 0.05) is 6.20 Å². The van der Waals surface area contributed by atoms with Crippen LogP contribution in [0.4, 0.5) is 0 Å². The van der Waals surface area contributed by atoms with Gasteiger partial charge < -0.3 is 4.98 Å². The zero-order valence-corrected chi connectivity index (χ0v) is 7.55. The van der Waals surface area contributed by atoms with Crippen LogP contribution in [0.15, 0.2) is 17.1 Å². The molecule has 0 saturated heterocycles. The molecule has 0 radical (unpaired) electrons. The number of hydrogen-bond acceptors (Lipinski definition) is 2. The molecule has 0 aliphatic heterocycles. The van der Waals surface area contributed by atoms with Gasteiger partial charge in [-0.15, -0.1) is 0 Å². The maximum Gasteiger partial charge on any atom is 0.258 e. The van der Waals surface area contributed by atoms with Gasteiger partial charge in [-0.1, -0.05) is 13.8 Å². The van der Waals surface area contributed by atoms with Gasteiger partial charge in [-0.3, -0.25) is 9.59 Å². The molecule has 3 nitrogen and oxygen atoms in total. The molecule has 0 fully saturated rings. The van der Waals surface area contributed by atoms with E-state index in [1.54, 1.807) is 13.0 Å². The Bertz CT molecular complexity index is 302. The van der Waals surface area contributed by atoms with Gasteiger partial charge >= 0.3 is 0 Å². The first-order chi connectivity index (χ1) is 5.75. The highest BCUT2D eigenvalue weighted by molar-refractivity contribution is 5.76. The summed E-state index contributed by atoms with van der Waals surface area (Å²) in [5, 5.41) is 0. The summed E-state index contributed by atoms with van der Waals surface area (Å²) in [6, 6.07) is 1.69. The molecule has 1 rings (SSSR count). The molecule has 1 aromatic rings. The number of aldehydes is 1. The lowest BCUT2D eigenvalue weighted by atomic mass is 10.2. The number of aromatic amines is 1. The monoisotopic (exact) mass is 167 g/mol. The summed E-state index contributed by atoms with van der Waals surface area (Å²) in [4.78, 5) is 23.4. The van der Waals surface area contributed by atoms with E-state index in [0.717, 1.165) is 0 Å². The average Bonchev–Trinajstić information content (AvgIpc) is 2.08. The van der Waals surface area contributed by atoms with Crippen molar-refractivity contribution in [3.63, 3.8) is 0 Å². The molecule has 0 aliphatic rings. The summed E-state index contributed by atoms with van der Waals surface area (Å²) < 4.78 is 0. The van der Waals surface area contributed by atoms with Gasteiger partial charge in [-0.25, -0.2) is 0 Å². The number of carbonyl (C=O) groups excluding carboxylic acids is 1. The number of pyridine rings is 1. The Morgan fingerprint density at radius 3 is 2.33 bits per heavy atom. The summed E-state index contributed by atoms with van der Waals surface area (Å²) in [6.45, 7) is 5.72. The van der Waals surface area contributed by atoms with Crippen molar-refractivity contribution in [3.8, 4) is 0 Å². The standard InChI is InChI=1S/C7H7NO2.C2H6/c1-5-2-3-8-7(10)6(5)4-9;1-2/h2-4H,1H3,(H,8,10);1-2H3. The van der Waals surface area contributed by atoms with Crippen molar-refractivity contribution in [2.24, 2.45) is 0 Å². The number of carbonyl (C=O) groups is 1. The van der Waals surface area contributed by atoms with E-state index in [2.05, 4.69) is 4.98 Å². The summed E-state index contributed by atoms with van der Waals surface area (Å²) in [5.41, 5.74) is 0.594. The molecule has 0 spiro atoms. The van der Waals surface area contributed by atoms with Gasteiger partial charge in [-0.2, -0.15) is 0 Å². The van der Waals surface area contributed by atoms with Crippen LogP contribution in [0.2, 0.25) is 0 Å². The number of aryl methyl sites for hydroxylation is 1. The fourth-order valence-corrected chi connectivity index (χ4v) is 0.735. The van der Waals surface area contributed by atoms with Crippen LogP contribution >= 0.6 is 0 Å². The van der Waals surface area contributed by atoms with Crippen molar-refractivity contribution in [3.05, 3.63) is 33.7 Å². The van der Waals surface area contributed by atoms with Gasteiger partial charge in [0.15, 0.2) is 6.29 Å². The molecule has 3 heteroatoms. The Balaban J connectivity index is 0.000000561. The Morgan fingerprint density at radius 1 is 1.42 bits per heavy atom. The van der Waals surface area contributed by atoms with E-state index in [1.807, 2.05) is 13.8 Å². The highest BCUT2D eigenvalue weighted by Gasteiger charge is 1.98. The Morgan fingerprint density at radius 2 is 2.00 bits per heavy atom. The number of hydrogen-bond donors (Lipinski definition) is 1. The first kappa shape index (κ1) is 10.6. The van der Waals surface area contributed by atoms with Gasteiger partial charge in [0.25, 0.3) is 5.56 Å². The SMILES string of the molecule is CC.Cc1cc[nH]c(=O)c1C=O. The van der Waals surface area contributed by atoms with E-state index in [4.69, 9.17) is 0 Å². The first-order valence-corrected chi connectivity index (χ1v) is 3.89. The summed E-state index contributed by atoms with van der Waals surface area (Å²) in [6.07, 6.45) is 2.08. The molecule has 0 aromatic carbocycles. The van der Waals surface area contributed by atoms with E-state index in [9.17, 15) is 9.59 Å². The van der Waals surface area contributed by atoms with E-state index >= 15 is 0 Å². The van der Waals surface area contributed by atoms with E-state index in [0.29, 0.717) is 11.8 Å². The minimum Gasteiger partial charge on any atom is -0.328 e. The van der Waals surface area contributed by atoms with Crippen LogP contribution < -0.4 is 5.56 Å². The highest BCUT2D eigenvalue weighted by Crippen LogP contribution is 1.94. The molecule has 0 unspecified atom stereocenters. The van der Waals surface area contributed by atoms with E-state index in [1.165, 1.54) is 6.20 Å². The fraction of sp³-hybridized carbons (Fsp3) is 0.333. The molecule has 0 amide bonds. The quantitative estimate of drug-likeness (QED) is 0.645. The lowest BCUT2D eigenvalue weighted by Gasteiger charge is -1.92. The molecule has 0 bridgehead atoms. The second-order valence-electron chi connectivity index (χ2n) is 2.02. The second kappa shape index (κ2) is 5.29. The van der Waals surface area contributed by atoms with E-state index in [-0.39, 0.29) is 11.1 Å². The van der Waals surface area contributed by atoms with Crippen molar-refractivity contribution in [1.29, 1.82) is 0 Å². The molecule has 1 aromatic heterocycles.